The second kappa shape index (κ2) is 6.53. The smallest absolute Gasteiger partial charge is 0.203 e. The summed E-state index contributed by atoms with van der Waals surface area (Å²) in [4.78, 5) is 12.4. The van der Waals surface area contributed by atoms with E-state index in [1.807, 2.05) is 25.1 Å². The lowest BCUT2D eigenvalue weighted by Gasteiger charge is -2.17. The molecule has 0 spiro atoms. The van der Waals surface area contributed by atoms with Gasteiger partial charge in [0, 0.05) is 5.56 Å². The maximum atomic E-state index is 12.4. The molecule has 0 bridgehead atoms. The van der Waals surface area contributed by atoms with Crippen molar-refractivity contribution in [3.63, 3.8) is 0 Å². The SMILES string of the molecule is CCC(Oc1ccccc1C#N)C(=O)c1ccccc1. The van der Waals surface area contributed by atoms with Gasteiger partial charge in [0.25, 0.3) is 0 Å². The fourth-order valence-corrected chi connectivity index (χ4v) is 1.93. The molecule has 1 unspecified atom stereocenters. The molecule has 0 aliphatic heterocycles. The zero-order valence-electron chi connectivity index (χ0n) is 11.2. The lowest BCUT2D eigenvalue weighted by atomic mass is 10.0. The van der Waals surface area contributed by atoms with Crippen molar-refractivity contribution in [2.24, 2.45) is 0 Å². The van der Waals surface area contributed by atoms with E-state index < -0.39 is 6.10 Å². The van der Waals surface area contributed by atoms with E-state index >= 15 is 0 Å². The summed E-state index contributed by atoms with van der Waals surface area (Å²) in [5.74, 6) is 0.381. The number of Topliss-reactive ketones (excluding diaryl/α,β-unsaturated/α-hetero) is 1. The molecule has 0 aliphatic rings. The third-order valence-electron chi connectivity index (χ3n) is 3.00. The Balaban J connectivity index is 2.22. The zero-order valence-corrected chi connectivity index (χ0v) is 11.2. The number of hydrogen-bond donors (Lipinski definition) is 0. The second-order valence-electron chi connectivity index (χ2n) is 4.35. The van der Waals surface area contributed by atoms with Crippen molar-refractivity contribution in [2.45, 2.75) is 19.4 Å². The van der Waals surface area contributed by atoms with Crippen molar-refractivity contribution < 1.29 is 9.53 Å². The van der Waals surface area contributed by atoms with Crippen LogP contribution in [-0.2, 0) is 0 Å². The Hall–Kier alpha value is -2.60. The highest BCUT2D eigenvalue weighted by molar-refractivity contribution is 5.99. The first kappa shape index (κ1) is 13.8. The molecule has 20 heavy (non-hydrogen) atoms. The van der Waals surface area contributed by atoms with E-state index in [-0.39, 0.29) is 5.78 Å². The predicted octanol–water partition coefficient (Wildman–Crippen LogP) is 3.60. The Morgan fingerprint density at radius 2 is 1.80 bits per heavy atom. The molecular weight excluding hydrogens is 250 g/mol. The van der Waals surface area contributed by atoms with Crippen molar-refractivity contribution in [2.75, 3.05) is 0 Å². The van der Waals surface area contributed by atoms with Gasteiger partial charge in [-0.1, -0.05) is 49.4 Å². The van der Waals surface area contributed by atoms with E-state index in [2.05, 4.69) is 6.07 Å². The third kappa shape index (κ3) is 3.04. The van der Waals surface area contributed by atoms with Gasteiger partial charge in [0.1, 0.15) is 11.8 Å². The molecule has 0 saturated carbocycles. The number of ether oxygens (including phenoxy) is 1. The van der Waals surface area contributed by atoms with Crippen LogP contribution in [0.2, 0.25) is 0 Å². The number of ketones is 1. The monoisotopic (exact) mass is 265 g/mol. The van der Waals surface area contributed by atoms with Crippen LogP contribution in [0.25, 0.3) is 0 Å². The largest absolute Gasteiger partial charge is 0.481 e. The highest BCUT2D eigenvalue weighted by Gasteiger charge is 2.20. The van der Waals surface area contributed by atoms with Crippen LogP contribution in [0.15, 0.2) is 54.6 Å². The second-order valence-corrected chi connectivity index (χ2v) is 4.35. The van der Waals surface area contributed by atoms with Crippen LogP contribution in [-0.4, -0.2) is 11.9 Å². The van der Waals surface area contributed by atoms with Crippen molar-refractivity contribution >= 4 is 5.78 Å². The van der Waals surface area contributed by atoms with Crippen molar-refractivity contribution in [1.29, 1.82) is 5.26 Å². The van der Waals surface area contributed by atoms with E-state index in [0.717, 1.165) is 0 Å². The molecule has 0 amide bonds. The zero-order chi connectivity index (χ0) is 14.4. The molecule has 2 aromatic carbocycles. The normalized spacial score (nSPS) is 11.4. The fourth-order valence-electron chi connectivity index (χ4n) is 1.93. The van der Waals surface area contributed by atoms with Crippen LogP contribution in [0.1, 0.15) is 29.3 Å². The Morgan fingerprint density at radius 1 is 1.15 bits per heavy atom. The Bertz CT molecular complexity index is 629. The minimum Gasteiger partial charge on any atom is -0.481 e. The van der Waals surface area contributed by atoms with Crippen LogP contribution in [0.3, 0.4) is 0 Å². The van der Waals surface area contributed by atoms with Gasteiger partial charge in [-0.15, -0.1) is 0 Å². The van der Waals surface area contributed by atoms with Gasteiger partial charge in [-0.25, -0.2) is 0 Å². The minimum absolute atomic E-state index is 0.0687. The van der Waals surface area contributed by atoms with Crippen molar-refractivity contribution in [1.82, 2.24) is 0 Å². The van der Waals surface area contributed by atoms with E-state index in [4.69, 9.17) is 10.00 Å². The Kier molecular flexibility index (Phi) is 4.52. The van der Waals surface area contributed by atoms with Gasteiger partial charge in [-0.3, -0.25) is 4.79 Å². The molecule has 0 saturated heterocycles. The highest BCUT2D eigenvalue weighted by atomic mass is 16.5. The summed E-state index contributed by atoms with van der Waals surface area (Å²) in [5.41, 5.74) is 1.06. The fraction of sp³-hybridized carbons (Fsp3) is 0.176. The molecule has 0 N–H and O–H groups in total. The van der Waals surface area contributed by atoms with Gasteiger partial charge in [0.2, 0.25) is 5.78 Å². The van der Waals surface area contributed by atoms with Gasteiger partial charge in [-0.2, -0.15) is 5.26 Å². The molecule has 0 radical (unpaired) electrons. The number of hydrogen-bond acceptors (Lipinski definition) is 3. The summed E-state index contributed by atoms with van der Waals surface area (Å²) in [6.07, 6.45) is -0.0278. The van der Waals surface area contributed by atoms with Crippen LogP contribution in [0.5, 0.6) is 5.75 Å². The third-order valence-corrected chi connectivity index (χ3v) is 3.00. The van der Waals surface area contributed by atoms with E-state index in [0.29, 0.717) is 23.3 Å². The first-order valence-electron chi connectivity index (χ1n) is 6.51. The molecule has 100 valence electrons. The molecule has 0 heterocycles. The number of benzene rings is 2. The van der Waals surface area contributed by atoms with Gasteiger partial charge >= 0.3 is 0 Å². The van der Waals surface area contributed by atoms with Gasteiger partial charge in [0.15, 0.2) is 6.10 Å². The maximum absolute atomic E-state index is 12.4. The number of para-hydroxylation sites is 1. The quantitative estimate of drug-likeness (QED) is 0.776. The average Bonchev–Trinajstić information content (AvgIpc) is 2.53. The van der Waals surface area contributed by atoms with Gasteiger partial charge < -0.3 is 4.74 Å². The highest BCUT2D eigenvalue weighted by Crippen LogP contribution is 2.20. The molecule has 0 aromatic heterocycles. The van der Waals surface area contributed by atoms with Crippen molar-refractivity contribution in [3.05, 3.63) is 65.7 Å². The molecule has 3 nitrogen and oxygen atoms in total. The first-order valence-corrected chi connectivity index (χ1v) is 6.51. The topological polar surface area (TPSA) is 50.1 Å². The molecule has 2 aromatic rings. The standard InChI is InChI=1S/C17H15NO2/c1-2-15(17(19)13-8-4-3-5-9-13)20-16-11-7-6-10-14(16)12-18/h3-11,15H,2H2,1H3. The average molecular weight is 265 g/mol. The van der Waals surface area contributed by atoms with Gasteiger partial charge in [-0.05, 0) is 18.6 Å². The molecule has 3 heteroatoms. The van der Waals surface area contributed by atoms with Gasteiger partial charge in [0.05, 0.1) is 5.56 Å². The number of nitrogens with zero attached hydrogens (tertiary/aromatic N) is 1. The van der Waals surface area contributed by atoms with E-state index in [1.165, 1.54) is 0 Å². The minimum atomic E-state index is -0.577. The lowest BCUT2D eigenvalue weighted by Crippen LogP contribution is -2.27. The van der Waals surface area contributed by atoms with Crippen LogP contribution >= 0.6 is 0 Å². The summed E-state index contributed by atoms with van der Waals surface area (Å²) in [5, 5.41) is 9.04. The van der Waals surface area contributed by atoms with E-state index in [1.54, 1.807) is 36.4 Å². The number of nitriles is 1. The molecular formula is C17H15NO2. The molecule has 2 rings (SSSR count). The lowest BCUT2D eigenvalue weighted by molar-refractivity contribution is 0.0786. The molecule has 1 atom stereocenters. The van der Waals surface area contributed by atoms with E-state index in [9.17, 15) is 4.79 Å². The first-order chi connectivity index (χ1) is 9.76. The van der Waals surface area contributed by atoms with Crippen LogP contribution < -0.4 is 4.74 Å². The number of carbonyl (C=O) groups is 1. The summed E-state index contributed by atoms with van der Waals surface area (Å²) >= 11 is 0. The summed E-state index contributed by atoms with van der Waals surface area (Å²) in [6, 6.07) is 18.1. The summed E-state index contributed by atoms with van der Waals surface area (Å²) in [7, 11) is 0. The van der Waals surface area contributed by atoms with Crippen LogP contribution in [0, 0.1) is 11.3 Å². The summed E-state index contributed by atoms with van der Waals surface area (Å²) < 4.78 is 5.73. The molecule has 0 aliphatic carbocycles. The predicted molar refractivity (Wildman–Crippen MR) is 76.6 cm³/mol. The summed E-state index contributed by atoms with van der Waals surface area (Å²) in [6.45, 7) is 1.89. The van der Waals surface area contributed by atoms with Crippen LogP contribution in [0.4, 0.5) is 0 Å². The molecule has 0 fully saturated rings. The van der Waals surface area contributed by atoms with Crippen molar-refractivity contribution in [3.8, 4) is 11.8 Å². The maximum Gasteiger partial charge on any atom is 0.203 e. The Labute approximate surface area is 118 Å². The number of rotatable bonds is 5. The Morgan fingerprint density at radius 3 is 2.45 bits per heavy atom. The number of carbonyl (C=O) groups excluding carboxylic acids is 1.